The Morgan fingerprint density at radius 1 is 1.57 bits per heavy atom. The molecule has 14 heavy (non-hydrogen) atoms. The minimum atomic E-state index is -3.77. The van der Waals surface area contributed by atoms with E-state index in [2.05, 4.69) is 10.3 Å². The van der Waals surface area contributed by atoms with Crippen molar-refractivity contribution >= 4 is 15.8 Å². The highest BCUT2D eigenvalue weighted by Gasteiger charge is 2.13. The molecule has 6 nitrogen and oxygen atoms in total. The zero-order valence-corrected chi connectivity index (χ0v) is 8.16. The number of nitrogens with one attached hydrogen (secondary N) is 1. The maximum atomic E-state index is 11.1. The molecule has 0 unspecified atom stereocenters. The number of rotatable bonds is 4. The number of primary sulfonamides is 1. The van der Waals surface area contributed by atoms with E-state index in [0.29, 0.717) is 0 Å². The van der Waals surface area contributed by atoms with Gasteiger partial charge in [0.2, 0.25) is 10.0 Å². The van der Waals surface area contributed by atoms with Crippen molar-refractivity contribution in [2.45, 2.75) is 4.90 Å². The number of pyridine rings is 1. The van der Waals surface area contributed by atoms with Crippen LogP contribution in [0.25, 0.3) is 0 Å². The Balaban J connectivity index is 3.04. The number of nitrogens with zero attached hydrogens (tertiary/aromatic N) is 1. The fourth-order valence-electron chi connectivity index (χ4n) is 0.927. The second-order valence-corrected chi connectivity index (χ2v) is 4.08. The van der Waals surface area contributed by atoms with Gasteiger partial charge in [0, 0.05) is 12.7 Å². The number of aromatic nitrogens is 1. The molecule has 1 aromatic heterocycles. The van der Waals surface area contributed by atoms with Gasteiger partial charge in [0.25, 0.3) is 0 Å². The van der Waals surface area contributed by atoms with Crippen LogP contribution in [0.2, 0.25) is 0 Å². The van der Waals surface area contributed by atoms with Crippen molar-refractivity contribution < 1.29 is 13.5 Å². The quantitative estimate of drug-likeness (QED) is 0.608. The molecular formula is C7H11N3O3S. The predicted molar refractivity (Wildman–Crippen MR) is 51.2 cm³/mol. The fourth-order valence-corrected chi connectivity index (χ4v) is 1.59. The van der Waals surface area contributed by atoms with Gasteiger partial charge in [0.1, 0.15) is 10.7 Å². The van der Waals surface area contributed by atoms with Gasteiger partial charge in [-0.2, -0.15) is 0 Å². The molecule has 0 fully saturated rings. The average molecular weight is 217 g/mol. The first-order valence-electron chi connectivity index (χ1n) is 3.88. The summed E-state index contributed by atoms with van der Waals surface area (Å²) in [5.41, 5.74) is 0. The van der Waals surface area contributed by atoms with Crippen molar-refractivity contribution in [2.75, 3.05) is 18.5 Å². The molecule has 1 heterocycles. The van der Waals surface area contributed by atoms with E-state index in [1.807, 2.05) is 0 Å². The van der Waals surface area contributed by atoms with Crippen LogP contribution in [0, 0.1) is 0 Å². The predicted octanol–water partition coefficient (Wildman–Crippen LogP) is -0.867. The van der Waals surface area contributed by atoms with Crippen LogP contribution in [-0.4, -0.2) is 31.7 Å². The van der Waals surface area contributed by atoms with E-state index in [1.165, 1.54) is 18.3 Å². The van der Waals surface area contributed by atoms with E-state index >= 15 is 0 Å². The highest BCUT2D eigenvalue weighted by molar-refractivity contribution is 7.89. The van der Waals surface area contributed by atoms with Crippen molar-refractivity contribution in [3.8, 4) is 0 Å². The molecule has 0 spiro atoms. The van der Waals surface area contributed by atoms with Gasteiger partial charge >= 0.3 is 0 Å². The second-order valence-electron chi connectivity index (χ2n) is 2.55. The topological polar surface area (TPSA) is 105 Å². The van der Waals surface area contributed by atoms with Gasteiger partial charge in [0.05, 0.1) is 6.61 Å². The highest BCUT2D eigenvalue weighted by Crippen LogP contribution is 2.15. The molecule has 0 bridgehead atoms. The molecule has 0 radical (unpaired) electrons. The monoisotopic (exact) mass is 217 g/mol. The Labute approximate surface area is 81.8 Å². The van der Waals surface area contributed by atoms with Crippen molar-refractivity contribution in [3.05, 3.63) is 18.3 Å². The zero-order valence-electron chi connectivity index (χ0n) is 7.34. The average Bonchev–Trinajstić information content (AvgIpc) is 2.14. The first-order chi connectivity index (χ1) is 6.55. The third-order valence-electron chi connectivity index (χ3n) is 1.48. The minimum absolute atomic E-state index is 0.0755. The zero-order chi connectivity index (χ0) is 10.6. The second kappa shape index (κ2) is 4.36. The Kier molecular flexibility index (Phi) is 3.39. The van der Waals surface area contributed by atoms with E-state index in [0.717, 1.165) is 0 Å². The fraction of sp³-hybridized carbons (Fsp3) is 0.286. The minimum Gasteiger partial charge on any atom is -0.395 e. The van der Waals surface area contributed by atoms with E-state index in [-0.39, 0.29) is 23.9 Å². The van der Waals surface area contributed by atoms with Crippen LogP contribution in [0.5, 0.6) is 0 Å². The summed E-state index contributed by atoms with van der Waals surface area (Å²) in [5.74, 6) is 0.157. The van der Waals surface area contributed by atoms with Gasteiger partial charge in [-0.25, -0.2) is 18.5 Å². The molecule has 0 saturated heterocycles. The molecule has 78 valence electrons. The summed E-state index contributed by atoms with van der Waals surface area (Å²) in [5, 5.41) is 16.2. The molecule has 1 rings (SSSR count). The number of hydrogen-bond acceptors (Lipinski definition) is 5. The van der Waals surface area contributed by atoms with Crippen LogP contribution in [0.1, 0.15) is 0 Å². The van der Waals surface area contributed by atoms with Crippen LogP contribution >= 0.6 is 0 Å². The maximum absolute atomic E-state index is 11.1. The number of sulfonamides is 1. The van der Waals surface area contributed by atoms with Crippen LogP contribution in [0.4, 0.5) is 5.82 Å². The Bertz CT molecular complexity index is 404. The van der Waals surface area contributed by atoms with Gasteiger partial charge in [-0.1, -0.05) is 0 Å². The lowest BCUT2D eigenvalue weighted by Crippen LogP contribution is -2.17. The lowest BCUT2D eigenvalue weighted by Gasteiger charge is -2.07. The summed E-state index contributed by atoms with van der Waals surface area (Å²) in [7, 11) is -3.77. The number of hydrogen-bond donors (Lipinski definition) is 3. The summed E-state index contributed by atoms with van der Waals surface area (Å²) in [6.07, 6.45) is 1.44. The van der Waals surface area contributed by atoms with E-state index in [9.17, 15) is 8.42 Å². The van der Waals surface area contributed by atoms with Crippen LogP contribution in [0.3, 0.4) is 0 Å². The summed E-state index contributed by atoms with van der Waals surface area (Å²) in [6.45, 7) is 0.111. The smallest absolute Gasteiger partial charge is 0.241 e. The highest BCUT2D eigenvalue weighted by atomic mass is 32.2. The molecule has 0 atom stereocenters. The van der Waals surface area contributed by atoms with Crippen molar-refractivity contribution in [1.29, 1.82) is 0 Å². The SMILES string of the molecule is NS(=O)(=O)c1cccnc1NCCO. The van der Waals surface area contributed by atoms with E-state index in [1.54, 1.807) is 0 Å². The standard InChI is InChI=1S/C7H11N3O3S/c8-14(12,13)6-2-1-3-9-7(6)10-4-5-11/h1-3,11H,4-5H2,(H,9,10)(H2,8,12,13). The summed E-state index contributed by atoms with van der Waals surface area (Å²) in [4.78, 5) is 3.73. The van der Waals surface area contributed by atoms with Crippen molar-refractivity contribution in [2.24, 2.45) is 5.14 Å². The Morgan fingerprint density at radius 3 is 2.86 bits per heavy atom. The van der Waals surface area contributed by atoms with E-state index in [4.69, 9.17) is 10.2 Å². The van der Waals surface area contributed by atoms with Gasteiger partial charge in [-0.3, -0.25) is 0 Å². The number of aliphatic hydroxyl groups is 1. The lowest BCUT2D eigenvalue weighted by molar-refractivity contribution is 0.311. The number of nitrogens with two attached hydrogens (primary N) is 1. The Morgan fingerprint density at radius 2 is 2.29 bits per heavy atom. The molecule has 0 aromatic carbocycles. The molecular weight excluding hydrogens is 206 g/mol. The van der Waals surface area contributed by atoms with E-state index < -0.39 is 10.0 Å². The lowest BCUT2D eigenvalue weighted by atomic mass is 10.4. The van der Waals surface area contributed by atoms with Crippen molar-refractivity contribution in [3.63, 3.8) is 0 Å². The third-order valence-corrected chi connectivity index (χ3v) is 2.42. The summed E-state index contributed by atoms with van der Waals surface area (Å²) in [6, 6.07) is 2.83. The van der Waals surface area contributed by atoms with Gasteiger partial charge < -0.3 is 10.4 Å². The third kappa shape index (κ3) is 2.66. The molecule has 0 amide bonds. The number of anilines is 1. The molecule has 7 heteroatoms. The van der Waals surface area contributed by atoms with Crippen molar-refractivity contribution in [1.82, 2.24) is 4.98 Å². The first kappa shape index (κ1) is 10.9. The molecule has 4 N–H and O–H groups in total. The normalized spacial score (nSPS) is 11.3. The van der Waals surface area contributed by atoms with Gasteiger partial charge in [-0.05, 0) is 12.1 Å². The van der Waals surface area contributed by atoms with Gasteiger partial charge in [0.15, 0.2) is 0 Å². The van der Waals surface area contributed by atoms with Crippen LogP contribution in [-0.2, 0) is 10.0 Å². The largest absolute Gasteiger partial charge is 0.395 e. The molecule has 0 aliphatic heterocycles. The first-order valence-corrected chi connectivity index (χ1v) is 5.43. The maximum Gasteiger partial charge on any atom is 0.241 e. The van der Waals surface area contributed by atoms with Crippen LogP contribution < -0.4 is 10.5 Å². The summed E-state index contributed by atoms with van der Waals surface area (Å²) < 4.78 is 22.1. The molecule has 0 aliphatic carbocycles. The summed E-state index contributed by atoms with van der Waals surface area (Å²) >= 11 is 0. The molecule has 0 aliphatic rings. The molecule has 1 aromatic rings. The van der Waals surface area contributed by atoms with Gasteiger partial charge in [-0.15, -0.1) is 0 Å². The number of aliphatic hydroxyl groups excluding tert-OH is 1. The Hall–Kier alpha value is -1.18. The van der Waals surface area contributed by atoms with Crippen LogP contribution in [0.15, 0.2) is 23.2 Å². The molecule has 0 saturated carbocycles.